The minimum absolute atomic E-state index is 0.127. The second-order valence-corrected chi connectivity index (χ2v) is 8.66. The van der Waals surface area contributed by atoms with E-state index in [0.717, 1.165) is 17.8 Å². The lowest BCUT2D eigenvalue weighted by molar-refractivity contribution is -0.0429. The van der Waals surface area contributed by atoms with Crippen molar-refractivity contribution in [2.24, 2.45) is 0 Å². The van der Waals surface area contributed by atoms with Gasteiger partial charge in [-0.2, -0.15) is 26.6 Å². The van der Waals surface area contributed by atoms with Gasteiger partial charge in [0.25, 0.3) is 0 Å². The van der Waals surface area contributed by atoms with Crippen molar-refractivity contribution >= 4 is 49.8 Å². The van der Waals surface area contributed by atoms with Crippen molar-refractivity contribution in [3.63, 3.8) is 0 Å². The normalized spacial score (nSPS) is 12.0. The molecule has 0 aliphatic heterocycles. The monoisotopic (exact) mass is 480 g/mol. The van der Waals surface area contributed by atoms with E-state index in [1.54, 1.807) is 18.2 Å². The van der Waals surface area contributed by atoms with Crippen molar-refractivity contribution in [2.45, 2.75) is 12.4 Å². The number of hydrogen-bond donors (Lipinski definition) is 4. The molecule has 0 atom stereocenters. The van der Waals surface area contributed by atoms with Crippen molar-refractivity contribution in [3.05, 3.63) is 66.2 Å². The lowest BCUT2D eigenvalue weighted by atomic mass is 10.2. The molecule has 0 radical (unpaired) electrons. The highest BCUT2D eigenvalue weighted by Gasteiger charge is 2.46. The molecule has 0 spiro atoms. The first-order valence-electron chi connectivity index (χ1n) is 9.36. The van der Waals surface area contributed by atoms with Crippen molar-refractivity contribution in [1.29, 1.82) is 0 Å². The third-order valence-electron chi connectivity index (χ3n) is 4.49. The van der Waals surface area contributed by atoms with Crippen LogP contribution in [0.25, 0.3) is 10.9 Å². The van der Waals surface area contributed by atoms with Crippen molar-refractivity contribution in [3.8, 4) is 0 Å². The summed E-state index contributed by atoms with van der Waals surface area (Å²) in [6.07, 6.45) is 1.43. The number of nitrogens with zero attached hydrogens (tertiary/aromatic N) is 2. The number of aryl methyl sites for hydroxylation is 1. The number of aromatic nitrogens is 3. The molecule has 33 heavy (non-hydrogen) atoms. The second kappa shape index (κ2) is 8.24. The van der Waals surface area contributed by atoms with Gasteiger partial charge in [0.05, 0.1) is 5.69 Å². The van der Waals surface area contributed by atoms with Gasteiger partial charge < -0.3 is 15.6 Å². The third kappa shape index (κ3) is 4.82. The van der Waals surface area contributed by atoms with Crippen molar-refractivity contribution in [2.75, 3.05) is 15.4 Å². The Bertz CT molecular complexity index is 1420. The van der Waals surface area contributed by atoms with Crippen LogP contribution in [0.4, 0.5) is 46.4 Å². The molecule has 0 unspecified atom stereocenters. The van der Waals surface area contributed by atoms with E-state index in [0.29, 0.717) is 22.4 Å². The number of benzene rings is 2. The Kier molecular flexibility index (Phi) is 5.57. The predicted octanol–water partition coefficient (Wildman–Crippen LogP) is 5.15. The lowest BCUT2D eigenvalue weighted by Gasteiger charge is -2.12. The highest BCUT2D eigenvalue weighted by atomic mass is 32.2. The lowest BCUT2D eigenvalue weighted by Crippen LogP contribution is -2.29. The molecular formula is C20H16F4N6O2S. The van der Waals surface area contributed by atoms with Crippen LogP contribution < -0.4 is 15.4 Å². The number of aromatic amines is 1. The molecular weight excluding hydrogens is 464 g/mol. The Morgan fingerprint density at radius 2 is 1.67 bits per heavy atom. The summed E-state index contributed by atoms with van der Waals surface area (Å²) in [5.41, 5.74) is -3.59. The van der Waals surface area contributed by atoms with Crippen LogP contribution in [0, 0.1) is 12.7 Å². The highest BCUT2D eigenvalue weighted by molar-refractivity contribution is 7.93. The molecule has 4 aromatic rings. The van der Waals surface area contributed by atoms with Crippen LogP contribution in [0.15, 0.2) is 54.7 Å². The average molecular weight is 480 g/mol. The molecule has 0 aliphatic rings. The fraction of sp³-hybridized carbons (Fsp3) is 0.100. The van der Waals surface area contributed by atoms with Gasteiger partial charge in [-0.3, -0.25) is 4.72 Å². The Morgan fingerprint density at radius 1 is 0.970 bits per heavy atom. The molecule has 4 N–H and O–H groups in total. The summed E-state index contributed by atoms with van der Waals surface area (Å²) in [6, 6.07) is 11.5. The number of nitrogens with one attached hydrogen (secondary N) is 4. The minimum atomic E-state index is -5.51. The van der Waals surface area contributed by atoms with E-state index in [-0.39, 0.29) is 17.3 Å². The summed E-state index contributed by atoms with van der Waals surface area (Å²) >= 11 is 0. The zero-order valence-electron chi connectivity index (χ0n) is 16.8. The summed E-state index contributed by atoms with van der Waals surface area (Å²) < 4.78 is 76.0. The quantitative estimate of drug-likeness (QED) is 0.284. The maximum absolute atomic E-state index is 14.8. The smallest absolute Gasteiger partial charge is 0.359 e. The molecule has 0 aliphatic carbocycles. The minimum Gasteiger partial charge on any atom is -0.359 e. The van der Waals surface area contributed by atoms with Gasteiger partial charge in [-0.25, -0.2) is 9.37 Å². The van der Waals surface area contributed by atoms with Gasteiger partial charge in [0, 0.05) is 34.2 Å². The van der Waals surface area contributed by atoms with E-state index in [1.165, 1.54) is 29.1 Å². The third-order valence-corrected chi connectivity index (χ3v) is 5.60. The van der Waals surface area contributed by atoms with Gasteiger partial charge in [0.2, 0.25) is 5.95 Å². The van der Waals surface area contributed by atoms with Crippen LogP contribution in [0.3, 0.4) is 0 Å². The molecule has 2 heterocycles. The first kappa shape index (κ1) is 22.3. The van der Waals surface area contributed by atoms with E-state index in [9.17, 15) is 26.0 Å². The van der Waals surface area contributed by atoms with Gasteiger partial charge in [-0.05, 0) is 55.5 Å². The zero-order chi connectivity index (χ0) is 23.8. The molecule has 0 amide bonds. The van der Waals surface area contributed by atoms with Gasteiger partial charge in [0.1, 0.15) is 5.82 Å². The highest BCUT2D eigenvalue weighted by Crippen LogP contribution is 2.28. The first-order valence-corrected chi connectivity index (χ1v) is 10.8. The summed E-state index contributed by atoms with van der Waals surface area (Å²) in [4.78, 5) is 11.3. The van der Waals surface area contributed by atoms with E-state index in [4.69, 9.17) is 0 Å². The van der Waals surface area contributed by atoms with Gasteiger partial charge in [-0.15, -0.1) is 0 Å². The Hall–Kier alpha value is -3.87. The number of rotatable bonds is 6. The maximum Gasteiger partial charge on any atom is 0.516 e. The number of halogens is 4. The fourth-order valence-corrected chi connectivity index (χ4v) is 3.56. The molecule has 0 fully saturated rings. The largest absolute Gasteiger partial charge is 0.516 e. The molecule has 4 rings (SSSR count). The van der Waals surface area contributed by atoms with Crippen LogP contribution in [-0.2, 0) is 10.0 Å². The van der Waals surface area contributed by atoms with E-state index in [1.807, 2.05) is 6.92 Å². The van der Waals surface area contributed by atoms with Crippen molar-refractivity contribution < 1.29 is 26.0 Å². The summed E-state index contributed by atoms with van der Waals surface area (Å²) in [5.74, 6) is -0.0166. The number of alkyl halides is 3. The topological polar surface area (TPSA) is 112 Å². The maximum atomic E-state index is 14.8. The SMILES string of the molecule is Cc1cc2c(F)c(Nc3ccnc(Nc4ccc(NS(=O)(=O)C(F)(F)F)cc4)n3)ccc2[nH]1. The van der Waals surface area contributed by atoms with Crippen LogP contribution in [-0.4, -0.2) is 28.9 Å². The molecule has 13 heteroatoms. The molecule has 0 saturated heterocycles. The molecule has 2 aromatic carbocycles. The average Bonchev–Trinajstić information content (AvgIpc) is 3.12. The number of hydrogen-bond acceptors (Lipinski definition) is 6. The zero-order valence-corrected chi connectivity index (χ0v) is 17.6. The Morgan fingerprint density at radius 3 is 2.36 bits per heavy atom. The molecule has 172 valence electrons. The first-order chi connectivity index (χ1) is 15.5. The number of fused-ring (bicyclic) bond motifs is 1. The van der Waals surface area contributed by atoms with Crippen molar-refractivity contribution in [1.82, 2.24) is 15.0 Å². The summed E-state index contributed by atoms with van der Waals surface area (Å²) in [5, 5.41) is 6.16. The van der Waals surface area contributed by atoms with Gasteiger partial charge in [-0.1, -0.05) is 0 Å². The van der Waals surface area contributed by atoms with E-state index in [2.05, 4.69) is 25.6 Å². The van der Waals surface area contributed by atoms with Crippen LogP contribution in [0.5, 0.6) is 0 Å². The van der Waals surface area contributed by atoms with E-state index < -0.39 is 21.3 Å². The van der Waals surface area contributed by atoms with Gasteiger partial charge in [0.15, 0.2) is 5.82 Å². The fourth-order valence-electron chi connectivity index (χ4n) is 2.99. The summed E-state index contributed by atoms with van der Waals surface area (Å²) in [6.45, 7) is 1.83. The molecule has 8 nitrogen and oxygen atoms in total. The number of anilines is 5. The number of sulfonamides is 1. The van der Waals surface area contributed by atoms with Gasteiger partial charge >= 0.3 is 15.5 Å². The standard InChI is InChI=1S/C20H16F4N6O2S/c1-11-10-14-15(26-11)6-7-16(18(14)21)28-17-8-9-25-19(29-17)27-12-2-4-13(5-3-12)30-33(31,32)20(22,23)24/h2-10,26,30H,1H3,(H2,25,27,28,29). The Balaban J connectivity index is 1.48. The summed E-state index contributed by atoms with van der Waals surface area (Å²) in [7, 11) is -5.51. The van der Waals surface area contributed by atoms with Crippen LogP contribution >= 0.6 is 0 Å². The molecule has 2 aromatic heterocycles. The molecule has 0 bridgehead atoms. The second-order valence-electron chi connectivity index (χ2n) is 6.98. The molecule has 0 saturated carbocycles. The van der Waals surface area contributed by atoms with E-state index >= 15 is 0 Å². The predicted molar refractivity (Wildman–Crippen MR) is 117 cm³/mol. The number of H-pyrrole nitrogens is 1. The van der Waals surface area contributed by atoms with Crippen LogP contribution in [0.1, 0.15) is 5.69 Å². The van der Waals surface area contributed by atoms with Crippen LogP contribution in [0.2, 0.25) is 0 Å². The Labute approximate surface area is 185 Å².